The number of nitrogens with zero attached hydrogens (tertiary/aromatic N) is 2. The second-order valence-electron chi connectivity index (χ2n) is 6.85. The van der Waals surface area contributed by atoms with Crippen LogP contribution in [0.25, 0.3) is 0 Å². The van der Waals surface area contributed by atoms with Gasteiger partial charge in [-0.25, -0.2) is 4.98 Å². The average Bonchev–Trinajstić information content (AvgIpc) is 2.67. The van der Waals surface area contributed by atoms with Crippen molar-refractivity contribution in [2.24, 2.45) is 0 Å². The third kappa shape index (κ3) is 4.22. The minimum atomic E-state index is 0.0753. The summed E-state index contributed by atoms with van der Waals surface area (Å²) in [5, 5.41) is 0. The van der Waals surface area contributed by atoms with E-state index in [2.05, 4.69) is 18.8 Å². The summed E-state index contributed by atoms with van der Waals surface area (Å²) in [4.78, 5) is 19.3. The maximum Gasteiger partial charge on any atom is 0.254 e. The van der Waals surface area contributed by atoms with E-state index in [9.17, 15) is 4.79 Å². The molecule has 0 N–H and O–H groups in total. The summed E-state index contributed by atoms with van der Waals surface area (Å²) in [5.41, 5.74) is 4.09. The van der Waals surface area contributed by atoms with Gasteiger partial charge in [0.25, 0.3) is 5.91 Å². The van der Waals surface area contributed by atoms with Crippen molar-refractivity contribution in [1.82, 2.24) is 9.88 Å². The van der Waals surface area contributed by atoms with Gasteiger partial charge in [0.1, 0.15) is 6.61 Å². The molecule has 0 radical (unpaired) electrons. The summed E-state index contributed by atoms with van der Waals surface area (Å²) in [6.07, 6.45) is 0.743. The van der Waals surface area contributed by atoms with Crippen LogP contribution in [-0.4, -0.2) is 42.7 Å². The molecule has 0 unspecified atom stereocenters. The lowest BCUT2D eigenvalue weighted by Gasteiger charge is -2.28. The van der Waals surface area contributed by atoms with Crippen LogP contribution >= 0.6 is 0 Å². The molecule has 1 aliphatic rings. The zero-order valence-corrected chi connectivity index (χ0v) is 15.7. The highest BCUT2D eigenvalue weighted by molar-refractivity contribution is 5.94. The maximum atomic E-state index is 12.8. The van der Waals surface area contributed by atoms with E-state index in [0.29, 0.717) is 38.1 Å². The van der Waals surface area contributed by atoms with Crippen LogP contribution in [0.3, 0.4) is 0 Å². The molecule has 3 rings (SSSR count). The highest BCUT2D eigenvalue weighted by atomic mass is 16.5. The van der Waals surface area contributed by atoms with Crippen LogP contribution in [0.5, 0.6) is 5.88 Å². The third-order valence-corrected chi connectivity index (χ3v) is 4.67. The second-order valence-corrected chi connectivity index (χ2v) is 6.85. The van der Waals surface area contributed by atoms with Crippen LogP contribution < -0.4 is 4.74 Å². The van der Waals surface area contributed by atoms with Crippen LogP contribution in [0.1, 0.15) is 46.9 Å². The Bertz CT molecular complexity index is 756. The second kappa shape index (κ2) is 8.32. The maximum absolute atomic E-state index is 12.8. The monoisotopic (exact) mass is 354 g/mol. The molecular weight excluding hydrogens is 328 g/mol. The number of methoxy groups -OCH3 is 1. The van der Waals surface area contributed by atoms with E-state index in [-0.39, 0.29) is 5.91 Å². The quantitative estimate of drug-likeness (QED) is 0.746. The number of carbonyl (C=O) groups excluding carboxylic acids is 1. The van der Waals surface area contributed by atoms with Gasteiger partial charge in [-0.15, -0.1) is 0 Å². The van der Waals surface area contributed by atoms with Gasteiger partial charge in [-0.2, -0.15) is 0 Å². The van der Waals surface area contributed by atoms with Crippen molar-refractivity contribution in [3.05, 3.63) is 58.8 Å². The van der Waals surface area contributed by atoms with Gasteiger partial charge in [0.2, 0.25) is 5.88 Å². The number of carbonyl (C=O) groups is 1. The standard InChI is InChI=1S/C21H26N2O3/c1-15(2)16-4-6-17(7-5-16)21(24)23-11-10-19-18(14-23)8-9-20(22-19)26-13-12-25-3/h4-9,15H,10-14H2,1-3H3. The zero-order valence-electron chi connectivity index (χ0n) is 15.7. The van der Waals surface area contributed by atoms with Gasteiger partial charge in [-0.1, -0.05) is 32.0 Å². The van der Waals surface area contributed by atoms with Crippen LogP contribution in [0.2, 0.25) is 0 Å². The van der Waals surface area contributed by atoms with Crippen molar-refractivity contribution < 1.29 is 14.3 Å². The lowest BCUT2D eigenvalue weighted by atomic mass is 10.0. The third-order valence-electron chi connectivity index (χ3n) is 4.67. The molecule has 1 aliphatic heterocycles. The van der Waals surface area contributed by atoms with Crippen LogP contribution in [-0.2, 0) is 17.7 Å². The summed E-state index contributed by atoms with van der Waals surface area (Å²) in [5.74, 6) is 1.16. The van der Waals surface area contributed by atoms with Crippen molar-refractivity contribution in [2.75, 3.05) is 26.9 Å². The highest BCUT2D eigenvalue weighted by Gasteiger charge is 2.23. The van der Waals surface area contributed by atoms with Crippen molar-refractivity contribution in [1.29, 1.82) is 0 Å². The molecule has 0 spiro atoms. The molecule has 0 saturated heterocycles. The topological polar surface area (TPSA) is 51.7 Å². The van der Waals surface area contributed by atoms with Gasteiger partial charge in [0.15, 0.2) is 0 Å². The number of ether oxygens (including phenoxy) is 2. The Morgan fingerprint density at radius 3 is 2.62 bits per heavy atom. The Labute approximate surface area is 155 Å². The predicted octanol–water partition coefficient (Wildman–Crippen LogP) is 3.43. The highest BCUT2D eigenvalue weighted by Crippen LogP contribution is 2.22. The van der Waals surface area contributed by atoms with E-state index in [1.165, 1.54) is 5.56 Å². The summed E-state index contributed by atoms with van der Waals surface area (Å²) in [6.45, 7) is 6.59. The first-order valence-corrected chi connectivity index (χ1v) is 9.08. The summed E-state index contributed by atoms with van der Waals surface area (Å²) >= 11 is 0. The first-order valence-electron chi connectivity index (χ1n) is 9.08. The smallest absolute Gasteiger partial charge is 0.254 e. The molecule has 2 heterocycles. The number of aromatic nitrogens is 1. The molecule has 5 heteroatoms. The van der Waals surface area contributed by atoms with E-state index in [1.54, 1.807) is 7.11 Å². The van der Waals surface area contributed by atoms with Crippen LogP contribution in [0, 0.1) is 0 Å². The molecule has 2 aromatic rings. The van der Waals surface area contributed by atoms with E-state index in [1.807, 2.05) is 41.3 Å². The minimum Gasteiger partial charge on any atom is -0.475 e. The molecule has 1 aromatic carbocycles. The molecule has 0 bridgehead atoms. The minimum absolute atomic E-state index is 0.0753. The Balaban J connectivity index is 1.66. The Hall–Kier alpha value is -2.40. The largest absolute Gasteiger partial charge is 0.475 e. The zero-order chi connectivity index (χ0) is 18.5. The Morgan fingerprint density at radius 2 is 1.92 bits per heavy atom. The molecule has 0 saturated carbocycles. The van der Waals surface area contributed by atoms with Crippen LogP contribution in [0.4, 0.5) is 0 Å². The molecule has 0 fully saturated rings. The fraction of sp³-hybridized carbons (Fsp3) is 0.429. The summed E-state index contributed by atoms with van der Waals surface area (Å²) in [6, 6.07) is 11.8. The van der Waals surface area contributed by atoms with Gasteiger partial charge >= 0.3 is 0 Å². The fourth-order valence-electron chi connectivity index (χ4n) is 3.07. The number of rotatable bonds is 6. The van der Waals surface area contributed by atoms with Gasteiger partial charge < -0.3 is 14.4 Å². The van der Waals surface area contributed by atoms with E-state index >= 15 is 0 Å². The summed E-state index contributed by atoms with van der Waals surface area (Å²) in [7, 11) is 1.64. The van der Waals surface area contributed by atoms with Gasteiger partial charge in [-0.3, -0.25) is 4.79 Å². The number of amides is 1. The van der Waals surface area contributed by atoms with Crippen molar-refractivity contribution >= 4 is 5.91 Å². The molecule has 138 valence electrons. The molecule has 0 aliphatic carbocycles. The molecule has 1 amide bonds. The van der Waals surface area contributed by atoms with Crippen LogP contribution in [0.15, 0.2) is 36.4 Å². The number of fused-ring (bicyclic) bond motifs is 1. The number of pyridine rings is 1. The van der Waals surface area contributed by atoms with E-state index in [4.69, 9.17) is 9.47 Å². The average molecular weight is 354 g/mol. The van der Waals surface area contributed by atoms with Gasteiger partial charge in [-0.05, 0) is 29.2 Å². The van der Waals surface area contributed by atoms with Crippen molar-refractivity contribution in [2.45, 2.75) is 32.7 Å². The molecule has 26 heavy (non-hydrogen) atoms. The number of benzene rings is 1. The first kappa shape index (κ1) is 18.4. The molecule has 5 nitrogen and oxygen atoms in total. The van der Waals surface area contributed by atoms with Crippen molar-refractivity contribution in [3.63, 3.8) is 0 Å². The molecule has 1 aromatic heterocycles. The lowest BCUT2D eigenvalue weighted by Crippen LogP contribution is -2.36. The number of hydrogen-bond acceptors (Lipinski definition) is 4. The Morgan fingerprint density at radius 1 is 1.15 bits per heavy atom. The molecule has 0 atom stereocenters. The molecular formula is C21H26N2O3. The predicted molar refractivity (Wildman–Crippen MR) is 101 cm³/mol. The lowest BCUT2D eigenvalue weighted by molar-refractivity contribution is 0.0733. The SMILES string of the molecule is COCCOc1ccc2c(n1)CCN(C(=O)c1ccc(C(C)C)cc1)C2. The van der Waals surface area contributed by atoms with Gasteiger partial charge in [0, 0.05) is 38.2 Å². The van der Waals surface area contributed by atoms with E-state index < -0.39 is 0 Å². The number of hydrogen-bond donors (Lipinski definition) is 0. The van der Waals surface area contributed by atoms with Crippen molar-refractivity contribution in [3.8, 4) is 5.88 Å². The summed E-state index contributed by atoms with van der Waals surface area (Å²) < 4.78 is 10.6. The normalized spacial score (nSPS) is 13.6. The first-order chi connectivity index (χ1) is 12.6. The fourth-order valence-corrected chi connectivity index (χ4v) is 3.07. The van der Waals surface area contributed by atoms with E-state index in [0.717, 1.165) is 23.2 Å². The Kier molecular flexibility index (Phi) is 5.89. The van der Waals surface area contributed by atoms with Gasteiger partial charge in [0.05, 0.1) is 12.3 Å².